The van der Waals surface area contributed by atoms with Gasteiger partial charge in [-0.2, -0.15) is 0 Å². The van der Waals surface area contributed by atoms with Crippen molar-refractivity contribution in [1.29, 1.82) is 0 Å². The van der Waals surface area contributed by atoms with Crippen LogP contribution in [0.25, 0.3) is 11.4 Å². The van der Waals surface area contributed by atoms with Crippen LogP contribution in [0.15, 0.2) is 30.7 Å². The van der Waals surface area contributed by atoms with E-state index in [0.717, 1.165) is 5.56 Å². The van der Waals surface area contributed by atoms with Gasteiger partial charge in [0.1, 0.15) is 18.3 Å². The number of aromatic nitrogens is 3. The second kappa shape index (κ2) is 6.47. The number of aryl methyl sites for hydroxylation is 1. The van der Waals surface area contributed by atoms with Crippen LogP contribution in [-0.2, 0) is 9.47 Å². The number of aliphatic hydroxyl groups is 1. The average molecular weight is 342 g/mol. The van der Waals surface area contributed by atoms with E-state index in [1.165, 1.54) is 6.20 Å². The molecule has 4 heterocycles. The Hall–Kier alpha value is -2.42. The Morgan fingerprint density at radius 3 is 2.88 bits per heavy atom. The molecule has 2 aromatic heterocycles. The van der Waals surface area contributed by atoms with Gasteiger partial charge < -0.3 is 19.9 Å². The van der Waals surface area contributed by atoms with E-state index in [0.29, 0.717) is 23.7 Å². The van der Waals surface area contributed by atoms with Crippen molar-refractivity contribution in [3.8, 4) is 11.4 Å². The monoisotopic (exact) mass is 342 g/mol. The topological polar surface area (TPSA) is 106 Å². The van der Waals surface area contributed by atoms with E-state index in [1.54, 1.807) is 25.4 Å². The summed E-state index contributed by atoms with van der Waals surface area (Å²) in [5, 5.41) is 12.7. The largest absolute Gasteiger partial charge is 0.388 e. The number of hydrogen-bond acceptors (Lipinski definition) is 7. The van der Waals surface area contributed by atoms with E-state index in [-0.39, 0.29) is 30.8 Å². The minimum absolute atomic E-state index is 0.226. The van der Waals surface area contributed by atoms with E-state index in [9.17, 15) is 9.90 Å². The zero-order chi connectivity index (χ0) is 17.4. The predicted molar refractivity (Wildman–Crippen MR) is 86.7 cm³/mol. The van der Waals surface area contributed by atoms with Crippen molar-refractivity contribution < 1.29 is 19.4 Å². The molecule has 2 fully saturated rings. The molecule has 0 radical (unpaired) electrons. The van der Waals surface area contributed by atoms with E-state index in [2.05, 4.69) is 20.3 Å². The number of fused-ring (bicyclic) bond motifs is 1. The van der Waals surface area contributed by atoms with Gasteiger partial charge in [0, 0.05) is 24.2 Å². The Morgan fingerprint density at radius 1 is 1.28 bits per heavy atom. The maximum Gasteiger partial charge on any atom is 0.255 e. The number of aliphatic hydroxyl groups excluding tert-OH is 1. The number of carbonyl (C=O) groups is 1. The lowest BCUT2D eigenvalue weighted by atomic mass is 10.1. The van der Waals surface area contributed by atoms with Crippen molar-refractivity contribution in [2.45, 2.75) is 31.3 Å². The summed E-state index contributed by atoms with van der Waals surface area (Å²) in [4.78, 5) is 25.3. The summed E-state index contributed by atoms with van der Waals surface area (Å²) < 4.78 is 11.0. The zero-order valence-corrected chi connectivity index (χ0v) is 13.6. The summed E-state index contributed by atoms with van der Waals surface area (Å²) in [6, 6.07) is 3.37. The first-order valence-electron chi connectivity index (χ1n) is 8.09. The molecule has 0 aliphatic carbocycles. The molecule has 0 bridgehead atoms. The van der Waals surface area contributed by atoms with Gasteiger partial charge in [-0.1, -0.05) is 0 Å². The lowest BCUT2D eigenvalue weighted by Gasteiger charge is -2.17. The van der Waals surface area contributed by atoms with Gasteiger partial charge >= 0.3 is 0 Å². The highest BCUT2D eigenvalue weighted by Gasteiger charge is 2.47. The Balaban J connectivity index is 1.49. The molecule has 2 saturated heterocycles. The number of ether oxygens (including phenoxy) is 2. The lowest BCUT2D eigenvalue weighted by Crippen LogP contribution is -2.44. The molecule has 2 N–H and O–H groups in total. The van der Waals surface area contributed by atoms with Crippen LogP contribution < -0.4 is 5.32 Å². The first kappa shape index (κ1) is 16.1. The molecule has 2 aromatic rings. The van der Waals surface area contributed by atoms with Crippen molar-refractivity contribution in [3.63, 3.8) is 0 Å². The third-order valence-corrected chi connectivity index (χ3v) is 4.49. The number of nitrogens with one attached hydrogen (secondary N) is 1. The number of rotatable bonds is 3. The summed E-state index contributed by atoms with van der Waals surface area (Å²) in [6.07, 6.45) is 3.52. The molecule has 8 nitrogen and oxygen atoms in total. The van der Waals surface area contributed by atoms with Gasteiger partial charge in [0.2, 0.25) is 0 Å². The van der Waals surface area contributed by atoms with Gasteiger partial charge in [-0.15, -0.1) is 0 Å². The van der Waals surface area contributed by atoms with Crippen molar-refractivity contribution in [3.05, 3.63) is 42.0 Å². The van der Waals surface area contributed by atoms with Crippen LogP contribution in [-0.4, -0.2) is 63.5 Å². The molecule has 4 rings (SSSR count). The standard InChI is InChI=1S/C17H18N4O4/c1-9-11(6-19-16(20-9)10-3-2-4-18-5-10)17(23)21-12-7-24-15-13(22)8-25-14(12)15/h2-6,12-15,22H,7-8H2,1H3,(H,21,23)/t12-,13-,14-,15-/m1/s1. The molecule has 8 heteroatoms. The third-order valence-electron chi connectivity index (χ3n) is 4.49. The fraction of sp³-hybridized carbons (Fsp3) is 0.412. The predicted octanol–water partition coefficient (Wildman–Crippen LogP) is 0.104. The van der Waals surface area contributed by atoms with E-state index in [1.807, 2.05) is 6.07 Å². The Bertz CT molecular complexity index is 785. The molecule has 25 heavy (non-hydrogen) atoms. The minimum atomic E-state index is -0.643. The first-order chi connectivity index (χ1) is 12.1. The van der Waals surface area contributed by atoms with Crippen molar-refractivity contribution in [2.24, 2.45) is 0 Å². The normalized spacial score (nSPS) is 27.9. The summed E-state index contributed by atoms with van der Waals surface area (Å²) in [5.74, 6) is 0.239. The zero-order valence-electron chi connectivity index (χ0n) is 13.6. The fourth-order valence-electron chi connectivity index (χ4n) is 3.17. The smallest absolute Gasteiger partial charge is 0.255 e. The van der Waals surface area contributed by atoms with E-state index >= 15 is 0 Å². The van der Waals surface area contributed by atoms with Crippen LogP contribution in [0, 0.1) is 6.92 Å². The SMILES string of the molecule is Cc1nc(-c2cccnc2)ncc1C(=O)N[C@@H]1CO[C@H]2[C@@H]1OC[C@H]2O. The van der Waals surface area contributed by atoms with Gasteiger partial charge in [0.05, 0.1) is 30.5 Å². The second-order valence-corrected chi connectivity index (χ2v) is 6.18. The van der Waals surface area contributed by atoms with Gasteiger partial charge in [0.15, 0.2) is 5.82 Å². The maximum atomic E-state index is 12.6. The molecule has 4 atom stereocenters. The molecule has 0 spiro atoms. The molecular formula is C17H18N4O4. The van der Waals surface area contributed by atoms with Crippen molar-refractivity contribution >= 4 is 5.91 Å². The fourth-order valence-corrected chi connectivity index (χ4v) is 3.17. The van der Waals surface area contributed by atoms with Crippen LogP contribution in [0.5, 0.6) is 0 Å². The summed E-state index contributed by atoms with van der Waals surface area (Å²) in [6.45, 7) is 2.30. The highest BCUT2D eigenvalue weighted by atomic mass is 16.6. The highest BCUT2D eigenvalue weighted by molar-refractivity contribution is 5.95. The second-order valence-electron chi connectivity index (χ2n) is 6.18. The molecule has 130 valence electrons. The van der Waals surface area contributed by atoms with Crippen molar-refractivity contribution in [1.82, 2.24) is 20.3 Å². The van der Waals surface area contributed by atoms with Crippen LogP contribution >= 0.6 is 0 Å². The molecule has 2 aliphatic rings. The lowest BCUT2D eigenvalue weighted by molar-refractivity contribution is 0.0178. The summed E-state index contributed by atoms with van der Waals surface area (Å²) in [7, 11) is 0. The molecular weight excluding hydrogens is 324 g/mol. The van der Waals surface area contributed by atoms with E-state index in [4.69, 9.17) is 9.47 Å². The average Bonchev–Trinajstić information content (AvgIpc) is 3.19. The van der Waals surface area contributed by atoms with Gasteiger partial charge in [-0.25, -0.2) is 9.97 Å². The molecule has 1 amide bonds. The minimum Gasteiger partial charge on any atom is -0.388 e. The maximum absolute atomic E-state index is 12.6. The number of pyridine rings is 1. The van der Waals surface area contributed by atoms with Crippen LogP contribution in [0.1, 0.15) is 16.1 Å². The molecule has 0 aromatic carbocycles. The van der Waals surface area contributed by atoms with Crippen LogP contribution in [0.3, 0.4) is 0 Å². The van der Waals surface area contributed by atoms with E-state index < -0.39 is 6.10 Å². The van der Waals surface area contributed by atoms with Crippen LogP contribution in [0.4, 0.5) is 0 Å². The number of amides is 1. The molecule has 2 aliphatic heterocycles. The molecule has 0 unspecified atom stereocenters. The number of hydrogen-bond donors (Lipinski definition) is 2. The van der Waals surface area contributed by atoms with Gasteiger partial charge in [-0.3, -0.25) is 9.78 Å². The highest BCUT2D eigenvalue weighted by Crippen LogP contribution is 2.27. The Kier molecular flexibility index (Phi) is 4.16. The quantitative estimate of drug-likeness (QED) is 0.815. The van der Waals surface area contributed by atoms with Crippen molar-refractivity contribution in [2.75, 3.05) is 13.2 Å². The van der Waals surface area contributed by atoms with Gasteiger partial charge in [-0.05, 0) is 19.1 Å². The van der Waals surface area contributed by atoms with Gasteiger partial charge in [0.25, 0.3) is 5.91 Å². The molecule has 0 saturated carbocycles. The van der Waals surface area contributed by atoms with Crippen LogP contribution in [0.2, 0.25) is 0 Å². The summed E-state index contributed by atoms with van der Waals surface area (Å²) in [5.41, 5.74) is 1.77. The third kappa shape index (κ3) is 2.99. The Labute approximate surface area is 144 Å². The number of carbonyl (C=O) groups excluding carboxylic acids is 1. The Morgan fingerprint density at radius 2 is 2.12 bits per heavy atom. The first-order valence-corrected chi connectivity index (χ1v) is 8.09. The summed E-state index contributed by atoms with van der Waals surface area (Å²) >= 11 is 0. The number of nitrogens with zero attached hydrogens (tertiary/aromatic N) is 3.